The standard InChI is InChI=1S/C24H32N2O4S2/c1-5-21(29-7-3)25-23(27)17-13-9-11-15-19(17)31-32-20-16-12-10-14-18(20)24(28)26-22(6-2)30-8-4/h9-16,21-22H,5-8H2,1-4H3,(H,25,27)(H,26,28). The summed E-state index contributed by atoms with van der Waals surface area (Å²) in [6.45, 7) is 8.81. The second-order valence-corrected chi connectivity index (χ2v) is 9.02. The highest BCUT2D eigenvalue weighted by Crippen LogP contribution is 2.40. The number of nitrogens with one attached hydrogen (secondary N) is 2. The first-order valence-electron chi connectivity index (χ1n) is 10.9. The summed E-state index contributed by atoms with van der Waals surface area (Å²) in [6.07, 6.45) is 0.734. The Kier molecular flexibility index (Phi) is 11.7. The molecule has 32 heavy (non-hydrogen) atoms. The van der Waals surface area contributed by atoms with E-state index in [0.29, 0.717) is 37.2 Å². The molecule has 0 saturated heterocycles. The van der Waals surface area contributed by atoms with Gasteiger partial charge in [0.1, 0.15) is 12.5 Å². The van der Waals surface area contributed by atoms with Crippen molar-refractivity contribution in [1.29, 1.82) is 0 Å². The van der Waals surface area contributed by atoms with Crippen LogP contribution in [0.25, 0.3) is 0 Å². The topological polar surface area (TPSA) is 76.7 Å². The molecule has 0 fully saturated rings. The van der Waals surface area contributed by atoms with Crippen molar-refractivity contribution in [2.75, 3.05) is 13.2 Å². The Balaban J connectivity index is 2.13. The van der Waals surface area contributed by atoms with Gasteiger partial charge in [0.25, 0.3) is 11.8 Å². The average Bonchev–Trinajstić information content (AvgIpc) is 2.82. The molecule has 0 aliphatic heterocycles. The van der Waals surface area contributed by atoms with Crippen molar-refractivity contribution < 1.29 is 19.1 Å². The molecule has 0 aliphatic rings. The van der Waals surface area contributed by atoms with Crippen LogP contribution >= 0.6 is 21.6 Å². The summed E-state index contributed by atoms with van der Waals surface area (Å²) in [5.74, 6) is -0.356. The first-order chi connectivity index (χ1) is 15.5. The lowest BCUT2D eigenvalue weighted by atomic mass is 10.2. The van der Waals surface area contributed by atoms with E-state index in [0.717, 1.165) is 9.79 Å². The van der Waals surface area contributed by atoms with Crippen molar-refractivity contribution in [1.82, 2.24) is 10.6 Å². The molecule has 2 atom stereocenters. The van der Waals surface area contributed by atoms with Crippen LogP contribution in [0.2, 0.25) is 0 Å². The zero-order chi connectivity index (χ0) is 23.3. The number of carbonyl (C=O) groups is 2. The third-order valence-corrected chi connectivity index (χ3v) is 7.03. The zero-order valence-corrected chi connectivity index (χ0v) is 20.7. The lowest BCUT2D eigenvalue weighted by molar-refractivity contribution is 0.0319. The first kappa shape index (κ1) is 26.3. The number of benzene rings is 2. The summed E-state index contributed by atoms with van der Waals surface area (Å²) in [4.78, 5) is 27.3. The van der Waals surface area contributed by atoms with E-state index in [-0.39, 0.29) is 24.3 Å². The van der Waals surface area contributed by atoms with Crippen LogP contribution in [0, 0.1) is 0 Å². The number of ether oxygens (including phenoxy) is 2. The van der Waals surface area contributed by atoms with Crippen LogP contribution in [0.3, 0.4) is 0 Å². The minimum atomic E-state index is -0.320. The second-order valence-electron chi connectivity index (χ2n) is 6.81. The van der Waals surface area contributed by atoms with Crippen molar-refractivity contribution in [2.45, 2.75) is 62.8 Å². The normalized spacial score (nSPS) is 12.8. The maximum atomic E-state index is 12.8. The predicted octanol–water partition coefficient (Wildman–Crippen LogP) is 5.49. The van der Waals surface area contributed by atoms with E-state index >= 15 is 0 Å². The number of amides is 2. The van der Waals surface area contributed by atoms with E-state index in [4.69, 9.17) is 9.47 Å². The molecule has 0 saturated carbocycles. The molecule has 0 radical (unpaired) electrons. The Morgan fingerprint density at radius 3 is 1.44 bits per heavy atom. The fraction of sp³-hybridized carbons (Fsp3) is 0.417. The van der Waals surface area contributed by atoms with E-state index in [1.54, 1.807) is 12.1 Å². The van der Waals surface area contributed by atoms with Gasteiger partial charge in [-0.15, -0.1) is 0 Å². The average molecular weight is 477 g/mol. The van der Waals surface area contributed by atoms with Crippen LogP contribution in [0.1, 0.15) is 61.3 Å². The molecule has 2 N–H and O–H groups in total. The molecule has 0 heterocycles. The maximum Gasteiger partial charge on any atom is 0.254 e. The fourth-order valence-electron chi connectivity index (χ4n) is 2.92. The summed E-state index contributed by atoms with van der Waals surface area (Å²) < 4.78 is 11.1. The molecule has 0 spiro atoms. The number of hydrogen-bond donors (Lipinski definition) is 2. The second kappa shape index (κ2) is 14.2. The number of rotatable bonds is 13. The van der Waals surface area contributed by atoms with Gasteiger partial charge in [0.15, 0.2) is 0 Å². The molecular weight excluding hydrogens is 444 g/mol. The Morgan fingerprint density at radius 2 is 1.09 bits per heavy atom. The van der Waals surface area contributed by atoms with E-state index in [1.807, 2.05) is 64.1 Å². The Morgan fingerprint density at radius 1 is 0.719 bits per heavy atom. The van der Waals surface area contributed by atoms with Gasteiger partial charge in [-0.3, -0.25) is 9.59 Å². The maximum absolute atomic E-state index is 12.8. The lowest BCUT2D eigenvalue weighted by Crippen LogP contribution is -2.36. The predicted molar refractivity (Wildman–Crippen MR) is 131 cm³/mol. The smallest absolute Gasteiger partial charge is 0.254 e. The molecule has 2 aromatic rings. The quantitative estimate of drug-likeness (QED) is 0.294. The summed E-state index contributed by atoms with van der Waals surface area (Å²) in [7, 11) is 2.89. The third-order valence-electron chi connectivity index (χ3n) is 4.55. The van der Waals surface area contributed by atoms with Crippen molar-refractivity contribution in [3.63, 3.8) is 0 Å². The molecule has 0 bridgehead atoms. The van der Waals surface area contributed by atoms with Gasteiger partial charge in [0.05, 0.1) is 11.1 Å². The molecule has 8 heteroatoms. The van der Waals surface area contributed by atoms with Crippen LogP contribution in [0.4, 0.5) is 0 Å². The van der Waals surface area contributed by atoms with Gasteiger partial charge in [0, 0.05) is 23.0 Å². The van der Waals surface area contributed by atoms with Crippen molar-refractivity contribution in [3.8, 4) is 0 Å². The fourth-order valence-corrected chi connectivity index (χ4v) is 5.28. The highest BCUT2D eigenvalue weighted by molar-refractivity contribution is 8.76. The van der Waals surface area contributed by atoms with Crippen molar-refractivity contribution in [3.05, 3.63) is 59.7 Å². The van der Waals surface area contributed by atoms with E-state index in [2.05, 4.69) is 10.6 Å². The summed E-state index contributed by atoms with van der Waals surface area (Å²) in [5.41, 5.74) is 1.15. The Bertz CT molecular complexity index is 807. The van der Waals surface area contributed by atoms with Crippen LogP contribution in [-0.4, -0.2) is 37.5 Å². The molecule has 2 unspecified atom stereocenters. The van der Waals surface area contributed by atoms with Gasteiger partial charge < -0.3 is 20.1 Å². The highest BCUT2D eigenvalue weighted by Gasteiger charge is 2.18. The molecule has 0 aromatic heterocycles. The Labute approximate surface area is 198 Å². The molecular formula is C24H32N2O4S2. The van der Waals surface area contributed by atoms with Gasteiger partial charge in [-0.25, -0.2) is 0 Å². The van der Waals surface area contributed by atoms with Crippen LogP contribution < -0.4 is 10.6 Å². The number of hydrogen-bond acceptors (Lipinski definition) is 6. The monoisotopic (exact) mass is 476 g/mol. The summed E-state index contributed by atoms with van der Waals surface area (Å²) >= 11 is 0. The highest BCUT2D eigenvalue weighted by atomic mass is 33.1. The molecule has 6 nitrogen and oxygen atoms in total. The number of carbonyl (C=O) groups excluding carboxylic acids is 2. The minimum absolute atomic E-state index is 0.178. The van der Waals surface area contributed by atoms with E-state index < -0.39 is 0 Å². The lowest BCUT2D eigenvalue weighted by Gasteiger charge is -2.18. The molecule has 2 amide bonds. The van der Waals surface area contributed by atoms with Gasteiger partial charge in [0.2, 0.25) is 0 Å². The molecule has 174 valence electrons. The van der Waals surface area contributed by atoms with Crippen molar-refractivity contribution >= 4 is 33.4 Å². The summed E-state index contributed by atoms with van der Waals surface area (Å²) in [6, 6.07) is 14.9. The zero-order valence-electron chi connectivity index (χ0n) is 19.1. The largest absolute Gasteiger partial charge is 0.359 e. The van der Waals surface area contributed by atoms with Gasteiger partial charge in [-0.2, -0.15) is 0 Å². The molecule has 2 rings (SSSR count). The molecule has 0 aliphatic carbocycles. The first-order valence-corrected chi connectivity index (χ1v) is 13.1. The minimum Gasteiger partial charge on any atom is -0.359 e. The SMILES string of the molecule is CCOC(CC)NC(=O)c1ccccc1SSc1ccccc1C(=O)NC(CC)OCC. The van der Waals surface area contributed by atoms with E-state index in [9.17, 15) is 9.59 Å². The van der Waals surface area contributed by atoms with Gasteiger partial charge in [-0.05, 0) is 51.0 Å². The van der Waals surface area contributed by atoms with Gasteiger partial charge >= 0.3 is 0 Å². The Hall–Kier alpha value is -2.00. The van der Waals surface area contributed by atoms with Gasteiger partial charge in [-0.1, -0.05) is 59.7 Å². The van der Waals surface area contributed by atoms with E-state index in [1.165, 1.54) is 21.6 Å². The van der Waals surface area contributed by atoms with Crippen LogP contribution in [0.15, 0.2) is 58.3 Å². The molecule has 2 aromatic carbocycles. The summed E-state index contributed by atoms with van der Waals surface area (Å²) in [5, 5.41) is 5.86. The van der Waals surface area contributed by atoms with Crippen molar-refractivity contribution in [2.24, 2.45) is 0 Å². The van der Waals surface area contributed by atoms with Crippen LogP contribution in [-0.2, 0) is 9.47 Å². The third kappa shape index (κ3) is 7.85. The van der Waals surface area contributed by atoms with Crippen LogP contribution in [0.5, 0.6) is 0 Å².